The van der Waals surface area contributed by atoms with Gasteiger partial charge >= 0.3 is 6.18 Å². The fraction of sp³-hybridized carbons (Fsp3) is 0.533. The Balaban J connectivity index is 1.80. The van der Waals surface area contributed by atoms with Crippen molar-refractivity contribution in [1.82, 2.24) is 10.6 Å². The quantitative estimate of drug-likeness (QED) is 0.821. The number of fused-ring (bicyclic) bond motifs is 1. The number of alkyl halides is 3. The third kappa shape index (κ3) is 4.74. The molecule has 1 unspecified atom stereocenters. The molecule has 21 heavy (non-hydrogen) atoms. The lowest BCUT2D eigenvalue weighted by atomic mass is 9.94. The molecule has 3 nitrogen and oxygen atoms in total. The molecule has 0 spiro atoms. The molecule has 0 saturated heterocycles. The van der Waals surface area contributed by atoms with E-state index in [9.17, 15) is 18.0 Å². The number of nitrogens with one attached hydrogen (secondary N) is 2. The van der Waals surface area contributed by atoms with Crippen LogP contribution in [0.15, 0.2) is 24.3 Å². The summed E-state index contributed by atoms with van der Waals surface area (Å²) in [5.74, 6) is -0.172. The van der Waals surface area contributed by atoms with Crippen LogP contribution in [0.4, 0.5) is 13.2 Å². The third-order valence-corrected chi connectivity index (χ3v) is 3.56. The van der Waals surface area contributed by atoms with Gasteiger partial charge in [0.05, 0.1) is 0 Å². The number of carbonyl (C=O) groups is 1. The van der Waals surface area contributed by atoms with Crippen LogP contribution in [0.5, 0.6) is 0 Å². The molecule has 116 valence electrons. The average Bonchev–Trinajstić information content (AvgIpc) is 2.45. The monoisotopic (exact) mass is 300 g/mol. The van der Waals surface area contributed by atoms with Crippen LogP contribution in [-0.2, 0) is 11.2 Å². The highest BCUT2D eigenvalue weighted by atomic mass is 19.4. The number of halogens is 3. The summed E-state index contributed by atoms with van der Waals surface area (Å²) in [6.07, 6.45) is -3.66. The lowest BCUT2D eigenvalue weighted by Crippen LogP contribution is -2.41. The van der Waals surface area contributed by atoms with Gasteiger partial charge in [0.2, 0.25) is 5.91 Å². The third-order valence-electron chi connectivity index (χ3n) is 3.56. The van der Waals surface area contributed by atoms with Gasteiger partial charge in [0.25, 0.3) is 0 Å². The van der Waals surface area contributed by atoms with E-state index in [0.29, 0.717) is 6.42 Å². The standard InChI is InChI=1S/C15H19F3N2O/c16-15(17,18)8-3-4-9-20-14(21)13-12-6-2-1-5-11(12)7-10-19-13/h1-2,5-6,13,19H,3-4,7-10H2,(H,20,21). The van der Waals surface area contributed by atoms with Gasteiger partial charge < -0.3 is 10.6 Å². The van der Waals surface area contributed by atoms with E-state index in [-0.39, 0.29) is 18.9 Å². The zero-order valence-electron chi connectivity index (χ0n) is 11.7. The second-order valence-electron chi connectivity index (χ2n) is 5.20. The molecule has 1 atom stereocenters. The van der Waals surface area contributed by atoms with Crippen LogP contribution in [0.1, 0.15) is 36.4 Å². The predicted molar refractivity (Wildman–Crippen MR) is 73.8 cm³/mol. The fourth-order valence-electron chi connectivity index (χ4n) is 2.50. The van der Waals surface area contributed by atoms with Gasteiger partial charge in [-0.05, 0) is 30.4 Å². The largest absolute Gasteiger partial charge is 0.389 e. The zero-order valence-corrected chi connectivity index (χ0v) is 11.7. The van der Waals surface area contributed by atoms with Crippen molar-refractivity contribution >= 4 is 5.91 Å². The van der Waals surface area contributed by atoms with Gasteiger partial charge in [0, 0.05) is 19.5 Å². The Hall–Kier alpha value is -1.56. The number of hydrogen-bond donors (Lipinski definition) is 2. The van der Waals surface area contributed by atoms with E-state index < -0.39 is 18.6 Å². The Morgan fingerprint density at radius 2 is 2.05 bits per heavy atom. The van der Waals surface area contributed by atoms with Crippen molar-refractivity contribution in [3.63, 3.8) is 0 Å². The van der Waals surface area contributed by atoms with Gasteiger partial charge in [0.15, 0.2) is 0 Å². The SMILES string of the molecule is O=C(NCCCCC(F)(F)F)C1NCCc2ccccc21. The number of rotatable bonds is 5. The fourth-order valence-corrected chi connectivity index (χ4v) is 2.50. The van der Waals surface area contributed by atoms with Crippen LogP contribution in [0.2, 0.25) is 0 Å². The zero-order chi connectivity index (χ0) is 15.3. The van der Waals surface area contributed by atoms with Crippen molar-refractivity contribution in [1.29, 1.82) is 0 Å². The number of benzene rings is 1. The first-order valence-electron chi connectivity index (χ1n) is 7.13. The summed E-state index contributed by atoms with van der Waals surface area (Å²) in [6, 6.07) is 7.33. The van der Waals surface area contributed by atoms with Gasteiger partial charge in [-0.3, -0.25) is 4.79 Å². The van der Waals surface area contributed by atoms with E-state index in [4.69, 9.17) is 0 Å². The van der Waals surface area contributed by atoms with Crippen molar-refractivity contribution in [2.75, 3.05) is 13.1 Å². The molecule has 1 aromatic rings. The number of carbonyl (C=O) groups excluding carboxylic acids is 1. The van der Waals surface area contributed by atoms with Gasteiger partial charge in [-0.25, -0.2) is 0 Å². The van der Waals surface area contributed by atoms with E-state index >= 15 is 0 Å². The second-order valence-corrected chi connectivity index (χ2v) is 5.20. The van der Waals surface area contributed by atoms with Crippen molar-refractivity contribution in [3.05, 3.63) is 35.4 Å². The molecule has 0 aromatic heterocycles. The summed E-state index contributed by atoms with van der Waals surface area (Å²) >= 11 is 0. The summed E-state index contributed by atoms with van der Waals surface area (Å²) in [6.45, 7) is 0.998. The molecule has 1 aromatic carbocycles. The van der Waals surface area contributed by atoms with E-state index in [2.05, 4.69) is 10.6 Å². The highest BCUT2D eigenvalue weighted by Gasteiger charge is 2.27. The normalized spacial score (nSPS) is 18.1. The molecule has 1 aliphatic rings. The molecular formula is C15H19F3N2O. The highest BCUT2D eigenvalue weighted by Crippen LogP contribution is 2.23. The van der Waals surface area contributed by atoms with Gasteiger partial charge in [-0.2, -0.15) is 13.2 Å². The topological polar surface area (TPSA) is 41.1 Å². The predicted octanol–water partition coefficient (Wildman–Crippen LogP) is 2.72. The number of unbranched alkanes of at least 4 members (excludes halogenated alkanes) is 1. The number of hydrogen-bond acceptors (Lipinski definition) is 2. The molecule has 1 amide bonds. The summed E-state index contributed by atoms with van der Waals surface area (Å²) in [5, 5.41) is 5.86. The molecule has 0 bridgehead atoms. The first kappa shape index (κ1) is 15.8. The van der Waals surface area contributed by atoms with Crippen molar-refractivity contribution < 1.29 is 18.0 Å². The molecule has 2 rings (SSSR count). The Kier molecular flexibility index (Phi) is 5.22. The van der Waals surface area contributed by atoms with Gasteiger partial charge in [-0.1, -0.05) is 24.3 Å². The lowest BCUT2D eigenvalue weighted by molar-refractivity contribution is -0.135. The average molecular weight is 300 g/mol. The summed E-state index contributed by atoms with van der Waals surface area (Å²) in [4.78, 5) is 12.1. The second kappa shape index (κ2) is 6.93. The smallest absolute Gasteiger partial charge is 0.354 e. The van der Waals surface area contributed by atoms with Crippen LogP contribution >= 0.6 is 0 Å². The van der Waals surface area contributed by atoms with Crippen LogP contribution < -0.4 is 10.6 Å². The van der Waals surface area contributed by atoms with Crippen LogP contribution in [0.3, 0.4) is 0 Å². The highest BCUT2D eigenvalue weighted by molar-refractivity contribution is 5.83. The molecule has 0 aliphatic carbocycles. The van der Waals surface area contributed by atoms with Gasteiger partial charge in [-0.15, -0.1) is 0 Å². The lowest BCUT2D eigenvalue weighted by Gasteiger charge is -2.26. The maximum atomic E-state index is 12.1. The summed E-state index contributed by atoms with van der Waals surface area (Å²) in [5.41, 5.74) is 2.10. The minimum atomic E-state index is -4.12. The first-order chi connectivity index (χ1) is 9.97. The maximum Gasteiger partial charge on any atom is 0.389 e. The Morgan fingerprint density at radius 3 is 2.81 bits per heavy atom. The van der Waals surface area contributed by atoms with Crippen molar-refractivity contribution in [3.8, 4) is 0 Å². The molecule has 0 saturated carbocycles. The van der Waals surface area contributed by atoms with Crippen LogP contribution in [-0.4, -0.2) is 25.2 Å². The number of amides is 1. The molecule has 0 radical (unpaired) electrons. The molecule has 6 heteroatoms. The Labute approximate surface area is 121 Å². The van der Waals surface area contributed by atoms with Crippen molar-refractivity contribution in [2.24, 2.45) is 0 Å². The minimum absolute atomic E-state index is 0.0401. The molecule has 1 aliphatic heterocycles. The molecule has 1 heterocycles. The van der Waals surface area contributed by atoms with Crippen molar-refractivity contribution in [2.45, 2.75) is 37.9 Å². The van der Waals surface area contributed by atoms with Crippen LogP contribution in [0, 0.1) is 0 Å². The molecule has 2 N–H and O–H groups in total. The van der Waals surface area contributed by atoms with E-state index in [1.165, 1.54) is 0 Å². The van der Waals surface area contributed by atoms with E-state index in [0.717, 1.165) is 24.1 Å². The first-order valence-corrected chi connectivity index (χ1v) is 7.13. The van der Waals surface area contributed by atoms with Gasteiger partial charge in [0.1, 0.15) is 6.04 Å². The van der Waals surface area contributed by atoms with E-state index in [1.54, 1.807) is 0 Å². The summed E-state index contributed by atoms with van der Waals surface area (Å²) < 4.78 is 36.0. The minimum Gasteiger partial charge on any atom is -0.354 e. The molecular weight excluding hydrogens is 281 g/mol. The maximum absolute atomic E-state index is 12.1. The molecule has 0 fully saturated rings. The Morgan fingerprint density at radius 1 is 1.29 bits per heavy atom. The Bertz CT molecular complexity index is 488. The van der Waals surface area contributed by atoms with E-state index in [1.807, 2.05) is 24.3 Å². The van der Waals surface area contributed by atoms with Crippen LogP contribution in [0.25, 0.3) is 0 Å². The summed E-state index contributed by atoms with van der Waals surface area (Å²) in [7, 11) is 0.